The molecule has 1 aromatic rings. The normalized spacial score (nSPS) is 14.9. The average molecular weight is 229 g/mol. The number of fused-ring (bicyclic) bond motifs is 1. The fourth-order valence-corrected chi connectivity index (χ4v) is 2.04. The number of hydrogen-bond donors (Lipinski definition) is 1. The Morgan fingerprint density at radius 3 is 3.00 bits per heavy atom. The van der Waals surface area contributed by atoms with Crippen LogP contribution >= 0.6 is 0 Å². The molecule has 90 valence electrons. The van der Waals surface area contributed by atoms with Gasteiger partial charge in [-0.2, -0.15) is 0 Å². The van der Waals surface area contributed by atoms with E-state index in [-0.39, 0.29) is 0 Å². The predicted octanol–water partition coefficient (Wildman–Crippen LogP) is 3.43. The molecule has 0 spiro atoms. The molecule has 1 aromatic heterocycles. The van der Waals surface area contributed by atoms with Gasteiger partial charge in [-0.15, -0.1) is 0 Å². The van der Waals surface area contributed by atoms with Crippen LogP contribution in [0.2, 0.25) is 0 Å². The number of aromatic nitrogens is 1. The zero-order chi connectivity index (χ0) is 12.4. The third-order valence-corrected chi connectivity index (χ3v) is 3.21. The van der Waals surface area contributed by atoms with Crippen molar-refractivity contribution in [3.8, 4) is 0 Å². The minimum absolute atomic E-state index is 0.560. The quantitative estimate of drug-likeness (QED) is 0.790. The summed E-state index contributed by atoms with van der Waals surface area (Å²) < 4.78 is 0. The van der Waals surface area contributed by atoms with Crippen molar-refractivity contribution in [1.29, 1.82) is 0 Å². The van der Waals surface area contributed by atoms with Crippen molar-refractivity contribution in [2.24, 2.45) is 4.99 Å². The van der Waals surface area contributed by atoms with Gasteiger partial charge in [-0.25, -0.2) is 4.98 Å². The Morgan fingerprint density at radius 2 is 2.29 bits per heavy atom. The molecular weight excluding hydrogens is 210 g/mol. The molecule has 0 unspecified atom stereocenters. The first-order valence-electron chi connectivity index (χ1n) is 6.13. The predicted molar refractivity (Wildman–Crippen MR) is 73.8 cm³/mol. The first kappa shape index (κ1) is 11.8. The highest BCUT2D eigenvalue weighted by molar-refractivity contribution is 5.87. The van der Waals surface area contributed by atoms with Gasteiger partial charge in [0.15, 0.2) is 0 Å². The standard InChI is InChI=1S/C14H19N3/c1-4-9(2)16-13-10(3)11-7-5-6-8-12(11)17-14(13)15/h5,7H,4,6,8H2,1-3H3,(H2,15,17). The number of aryl methyl sites for hydroxylation is 1. The highest BCUT2D eigenvalue weighted by Crippen LogP contribution is 2.32. The van der Waals surface area contributed by atoms with Crippen LogP contribution in [0.4, 0.5) is 11.5 Å². The minimum Gasteiger partial charge on any atom is -0.382 e. The summed E-state index contributed by atoms with van der Waals surface area (Å²) in [4.78, 5) is 9.06. The summed E-state index contributed by atoms with van der Waals surface area (Å²) in [5.74, 6) is 0.560. The lowest BCUT2D eigenvalue weighted by Gasteiger charge is -2.16. The lowest BCUT2D eigenvalue weighted by molar-refractivity contribution is 0.925. The smallest absolute Gasteiger partial charge is 0.149 e. The monoisotopic (exact) mass is 229 g/mol. The van der Waals surface area contributed by atoms with Gasteiger partial charge < -0.3 is 5.73 Å². The molecular formula is C14H19N3. The van der Waals surface area contributed by atoms with E-state index in [4.69, 9.17) is 5.73 Å². The van der Waals surface area contributed by atoms with Crippen LogP contribution in [-0.2, 0) is 6.42 Å². The topological polar surface area (TPSA) is 51.3 Å². The first-order chi connectivity index (χ1) is 8.13. The molecule has 2 N–H and O–H groups in total. The van der Waals surface area contributed by atoms with E-state index < -0.39 is 0 Å². The van der Waals surface area contributed by atoms with Crippen LogP contribution in [0.25, 0.3) is 6.08 Å². The van der Waals surface area contributed by atoms with Crippen molar-refractivity contribution in [3.05, 3.63) is 22.9 Å². The minimum atomic E-state index is 0.560. The molecule has 0 amide bonds. The van der Waals surface area contributed by atoms with Gasteiger partial charge in [-0.05, 0) is 38.7 Å². The summed E-state index contributed by atoms with van der Waals surface area (Å²) >= 11 is 0. The summed E-state index contributed by atoms with van der Waals surface area (Å²) in [5.41, 5.74) is 11.4. The molecule has 17 heavy (non-hydrogen) atoms. The molecule has 0 aliphatic heterocycles. The summed E-state index contributed by atoms with van der Waals surface area (Å²) in [5, 5.41) is 0. The van der Waals surface area contributed by atoms with Crippen molar-refractivity contribution in [2.45, 2.75) is 40.0 Å². The number of hydrogen-bond acceptors (Lipinski definition) is 3. The zero-order valence-corrected chi connectivity index (χ0v) is 10.7. The SMILES string of the molecule is CCC(C)=Nc1c(N)nc2c(c1C)C=CCC2. The molecule has 3 heteroatoms. The second kappa shape index (κ2) is 4.70. The van der Waals surface area contributed by atoms with Gasteiger partial charge in [0.25, 0.3) is 0 Å². The Morgan fingerprint density at radius 1 is 1.53 bits per heavy atom. The second-order valence-corrected chi connectivity index (χ2v) is 4.47. The Hall–Kier alpha value is -1.64. The molecule has 1 aliphatic carbocycles. The summed E-state index contributed by atoms with van der Waals surface area (Å²) in [6.45, 7) is 6.19. The van der Waals surface area contributed by atoms with Crippen molar-refractivity contribution in [2.75, 3.05) is 5.73 Å². The molecule has 3 nitrogen and oxygen atoms in total. The van der Waals surface area contributed by atoms with Crippen LogP contribution < -0.4 is 5.73 Å². The van der Waals surface area contributed by atoms with Gasteiger partial charge in [-0.1, -0.05) is 19.1 Å². The molecule has 2 rings (SSSR count). The maximum absolute atomic E-state index is 6.01. The third kappa shape index (κ3) is 2.23. The van der Waals surface area contributed by atoms with Gasteiger partial charge in [-0.3, -0.25) is 4.99 Å². The molecule has 1 heterocycles. The van der Waals surface area contributed by atoms with Gasteiger partial charge in [0.05, 0.1) is 5.69 Å². The van der Waals surface area contributed by atoms with E-state index in [9.17, 15) is 0 Å². The van der Waals surface area contributed by atoms with E-state index in [1.165, 1.54) is 5.56 Å². The maximum Gasteiger partial charge on any atom is 0.149 e. The lowest BCUT2D eigenvalue weighted by atomic mass is 9.97. The molecule has 0 saturated carbocycles. The van der Waals surface area contributed by atoms with Gasteiger partial charge >= 0.3 is 0 Å². The average Bonchev–Trinajstić information content (AvgIpc) is 2.34. The number of nitrogens with two attached hydrogens (primary N) is 1. The number of anilines is 1. The van der Waals surface area contributed by atoms with Gasteiger partial charge in [0, 0.05) is 11.3 Å². The zero-order valence-electron chi connectivity index (χ0n) is 10.7. The van der Waals surface area contributed by atoms with Crippen LogP contribution in [0.3, 0.4) is 0 Å². The molecule has 0 bridgehead atoms. The number of aliphatic imine (C=N–C) groups is 1. The van der Waals surface area contributed by atoms with Crippen LogP contribution in [-0.4, -0.2) is 10.7 Å². The first-order valence-corrected chi connectivity index (χ1v) is 6.13. The largest absolute Gasteiger partial charge is 0.382 e. The second-order valence-electron chi connectivity index (χ2n) is 4.47. The number of rotatable bonds is 2. The summed E-state index contributed by atoms with van der Waals surface area (Å²) in [6.07, 6.45) is 7.29. The number of allylic oxidation sites excluding steroid dienone is 1. The number of nitrogens with zero attached hydrogens (tertiary/aromatic N) is 2. The highest BCUT2D eigenvalue weighted by Gasteiger charge is 2.15. The fraction of sp³-hybridized carbons (Fsp3) is 0.429. The third-order valence-electron chi connectivity index (χ3n) is 3.21. The van der Waals surface area contributed by atoms with Crippen molar-refractivity contribution in [1.82, 2.24) is 4.98 Å². The Labute approximate surface area is 102 Å². The number of nitrogen functional groups attached to an aromatic ring is 1. The molecule has 0 fully saturated rings. The Bertz CT molecular complexity index is 499. The number of pyridine rings is 1. The fourth-order valence-electron chi connectivity index (χ4n) is 2.04. The van der Waals surface area contributed by atoms with E-state index in [0.717, 1.165) is 41.9 Å². The van der Waals surface area contributed by atoms with E-state index in [0.29, 0.717) is 5.82 Å². The van der Waals surface area contributed by atoms with E-state index >= 15 is 0 Å². The van der Waals surface area contributed by atoms with E-state index in [1.54, 1.807) is 0 Å². The summed E-state index contributed by atoms with van der Waals surface area (Å²) in [7, 11) is 0. The van der Waals surface area contributed by atoms with E-state index in [1.807, 2.05) is 6.92 Å². The van der Waals surface area contributed by atoms with Gasteiger partial charge in [0.2, 0.25) is 0 Å². The molecule has 1 aliphatic rings. The van der Waals surface area contributed by atoms with Crippen molar-refractivity contribution < 1.29 is 0 Å². The lowest BCUT2D eigenvalue weighted by Crippen LogP contribution is -2.05. The van der Waals surface area contributed by atoms with Crippen LogP contribution in [0.1, 0.15) is 43.5 Å². The molecule has 0 aromatic carbocycles. The summed E-state index contributed by atoms with van der Waals surface area (Å²) in [6, 6.07) is 0. The molecule has 0 saturated heterocycles. The van der Waals surface area contributed by atoms with Crippen LogP contribution in [0.15, 0.2) is 11.1 Å². The Balaban J connectivity index is 2.58. The molecule has 0 radical (unpaired) electrons. The van der Waals surface area contributed by atoms with E-state index in [2.05, 4.69) is 36.0 Å². The highest BCUT2D eigenvalue weighted by atomic mass is 14.9. The van der Waals surface area contributed by atoms with Crippen LogP contribution in [0, 0.1) is 6.92 Å². The Kier molecular flexibility index (Phi) is 3.27. The molecule has 0 atom stereocenters. The van der Waals surface area contributed by atoms with Gasteiger partial charge in [0.1, 0.15) is 11.5 Å². The van der Waals surface area contributed by atoms with Crippen molar-refractivity contribution >= 4 is 23.3 Å². The van der Waals surface area contributed by atoms with Crippen LogP contribution in [0.5, 0.6) is 0 Å². The van der Waals surface area contributed by atoms with Crippen molar-refractivity contribution in [3.63, 3.8) is 0 Å². The maximum atomic E-state index is 6.01.